The third-order valence-corrected chi connectivity index (χ3v) is 2.97. The number of rotatable bonds is 4. The van der Waals surface area contributed by atoms with Gasteiger partial charge in [0.2, 0.25) is 0 Å². The van der Waals surface area contributed by atoms with Crippen molar-refractivity contribution < 1.29 is 9.45 Å². The van der Waals surface area contributed by atoms with Crippen LogP contribution in [-0.4, -0.2) is 18.3 Å². The SMILES string of the molecule is CC1(CCOB(P)S)CCC(=O)C1. The van der Waals surface area contributed by atoms with E-state index >= 15 is 0 Å². The van der Waals surface area contributed by atoms with Gasteiger partial charge in [0, 0.05) is 19.4 Å². The van der Waals surface area contributed by atoms with Crippen LogP contribution in [0.15, 0.2) is 0 Å². The molecule has 0 spiro atoms. The van der Waals surface area contributed by atoms with Crippen molar-refractivity contribution in [1.82, 2.24) is 0 Å². The molecule has 13 heavy (non-hydrogen) atoms. The lowest BCUT2D eigenvalue weighted by Crippen LogP contribution is -2.16. The maximum Gasteiger partial charge on any atom is 0.380 e. The van der Waals surface area contributed by atoms with E-state index in [9.17, 15) is 4.79 Å². The lowest BCUT2D eigenvalue weighted by molar-refractivity contribution is -0.118. The van der Waals surface area contributed by atoms with Crippen LogP contribution >= 0.6 is 21.6 Å². The van der Waals surface area contributed by atoms with E-state index in [0.717, 1.165) is 25.7 Å². The van der Waals surface area contributed by atoms with Crippen molar-refractivity contribution in [3.8, 4) is 0 Å². The van der Waals surface area contributed by atoms with Crippen LogP contribution < -0.4 is 0 Å². The molecule has 0 amide bonds. The van der Waals surface area contributed by atoms with Gasteiger partial charge in [0.25, 0.3) is 0 Å². The van der Waals surface area contributed by atoms with Gasteiger partial charge in [0.1, 0.15) is 5.78 Å². The van der Waals surface area contributed by atoms with Crippen molar-refractivity contribution in [1.29, 1.82) is 0 Å². The van der Waals surface area contributed by atoms with E-state index in [1.807, 2.05) is 0 Å². The van der Waals surface area contributed by atoms with E-state index in [2.05, 4.69) is 28.5 Å². The maximum absolute atomic E-state index is 11.1. The molecule has 0 heterocycles. The molecule has 1 aliphatic rings. The summed E-state index contributed by atoms with van der Waals surface area (Å²) < 4.78 is 5.32. The minimum absolute atomic E-state index is 0.0827. The lowest BCUT2D eigenvalue weighted by atomic mass is 9.85. The first kappa shape index (κ1) is 11.5. The van der Waals surface area contributed by atoms with Gasteiger partial charge in [-0.15, -0.1) is 9.12 Å². The number of hydrogen-bond acceptors (Lipinski definition) is 3. The zero-order valence-electron chi connectivity index (χ0n) is 7.95. The molecule has 1 rings (SSSR count). The van der Waals surface area contributed by atoms with Gasteiger partial charge in [-0.1, -0.05) is 6.92 Å². The third kappa shape index (κ3) is 4.01. The molecule has 0 aromatic rings. The summed E-state index contributed by atoms with van der Waals surface area (Å²) in [7, 11) is 2.48. The molecular weight excluding hydrogens is 202 g/mol. The molecule has 2 nitrogen and oxygen atoms in total. The van der Waals surface area contributed by atoms with Gasteiger partial charge in [0.15, 0.2) is 0 Å². The van der Waals surface area contributed by atoms with Crippen molar-refractivity contribution >= 4 is 33.3 Å². The second kappa shape index (κ2) is 4.81. The second-order valence-electron chi connectivity index (χ2n) is 4.04. The summed E-state index contributed by atoms with van der Waals surface area (Å²) in [5, 5.41) is 0. The summed E-state index contributed by atoms with van der Waals surface area (Å²) in [6, 6.07) is 0. The molecule has 2 unspecified atom stereocenters. The lowest BCUT2D eigenvalue weighted by Gasteiger charge is -2.22. The van der Waals surface area contributed by atoms with Crippen molar-refractivity contribution in [2.24, 2.45) is 5.41 Å². The first-order valence-electron chi connectivity index (χ1n) is 4.59. The first-order chi connectivity index (χ1) is 6.02. The molecule has 1 fully saturated rings. The quantitative estimate of drug-likeness (QED) is 0.443. The fourth-order valence-corrected chi connectivity index (χ4v) is 1.97. The number of hydrogen-bond donors (Lipinski definition) is 1. The average Bonchev–Trinajstić information content (AvgIpc) is 2.30. The highest BCUT2D eigenvalue weighted by Crippen LogP contribution is 2.38. The molecular formula is C8H16BO2PS. The van der Waals surface area contributed by atoms with E-state index in [1.54, 1.807) is 0 Å². The normalized spacial score (nSPS) is 28.1. The molecule has 1 aliphatic carbocycles. The summed E-state index contributed by atoms with van der Waals surface area (Å²) in [6.07, 6.45) is 3.46. The number of ketones is 1. The van der Waals surface area contributed by atoms with E-state index in [-0.39, 0.29) is 11.3 Å². The van der Waals surface area contributed by atoms with Crippen LogP contribution in [0, 0.1) is 5.41 Å². The van der Waals surface area contributed by atoms with Crippen LogP contribution in [0.25, 0.3) is 0 Å². The Bertz CT molecular complexity index is 201. The molecule has 0 bridgehead atoms. The van der Waals surface area contributed by atoms with Crippen LogP contribution in [0.1, 0.15) is 32.6 Å². The fourth-order valence-electron chi connectivity index (χ4n) is 1.73. The Labute approximate surface area is 87.8 Å². The summed E-state index contributed by atoms with van der Waals surface area (Å²) >= 11 is 4.09. The summed E-state index contributed by atoms with van der Waals surface area (Å²) in [5.74, 6) is 0.316. The molecule has 0 radical (unpaired) electrons. The van der Waals surface area contributed by atoms with Crippen LogP contribution in [0.2, 0.25) is 0 Å². The Morgan fingerprint density at radius 3 is 2.92 bits per heavy atom. The van der Waals surface area contributed by atoms with Gasteiger partial charge in [-0.05, 0) is 18.3 Å². The smallest absolute Gasteiger partial charge is 0.380 e. The monoisotopic (exact) mass is 218 g/mol. The zero-order valence-corrected chi connectivity index (χ0v) is 10.0. The third-order valence-electron chi connectivity index (χ3n) is 2.63. The minimum atomic E-state index is -0.0827. The number of carbonyl (C=O) groups excluding carboxylic acids is 1. The minimum Gasteiger partial charge on any atom is -0.422 e. The molecule has 0 aromatic carbocycles. The highest BCUT2D eigenvalue weighted by atomic mass is 32.1. The van der Waals surface area contributed by atoms with E-state index in [1.165, 1.54) is 0 Å². The Balaban J connectivity index is 2.24. The van der Waals surface area contributed by atoms with Crippen molar-refractivity contribution in [2.75, 3.05) is 6.61 Å². The standard InChI is InChI=1S/C8H16BO2PS/c1-8(3-2-7(10)6-8)4-5-11-9(12)13/h13H,2-6,12H2,1H3. The highest BCUT2D eigenvalue weighted by molar-refractivity contribution is 8.23. The fraction of sp³-hybridized carbons (Fsp3) is 0.875. The molecule has 1 saturated carbocycles. The van der Waals surface area contributed by atoms with Gasteiger partial charge in [-0.3, -0.25) is 4.79 Å². The Morgan fingerprint density at radius 1 is 1.77 bits per heavy atom. The molecule has 5 heteroatoms. The number of carbonyl (C=O) groups is 1. The molecule has 0 aliphatic heterocycles. The van der Waals surface area contributed by atoms with E-state index in [4.69, 9.17) is 4.65 Å². The van der Waals surface area contributed by atoms with Gasteiger partial charge in [-0.2, -0.15) is 12.5 Å². The van der Waals surface area contributed by atoms with Crippen molar-refractivity contribution in [3.63, 3.8) is 0 Å². The van der Waals surface area contributed by atoms with Crippen LogP contribution in [0.3, 0.4) is 0 Å². The average molecular weight is 218 g/mol. The first-order valence-corrected chi connectivity index (χ1v) is 5.77. The van der Waals surface area contributed by atoms with Crippen molar-refractivity contribution in [2.45, 2.75) is 32.6 Å². The van der Waals surface area contributed by atoms with Crippen molar-refractivity contribution in [3.05, 3.63) is 0 Å². The zero-order chi connectivity index (χ0) is 9.90. The Kier molecular flexibility index (Phi) is 4.28. The Morgan fingerprint density at radius 2 is 2.46 bits per heavy atom. The van der Waals surface area contributed by atoms with Crippen LogP contribution in [-0.2, 0) is 9.45 Å². The summed E-state index contributed by atoms with van der Waals surface area (Å²) in [6.45, 7) is 2.86. The predicted molar refractivity (Wildman–Crippen MR) is 62.0 cm³/mol. The van der Waals surface area contributed by atoms with E-state index in [0.29, 0.717) is 12.4 Å². The highest BCUT2D eigenvalue weighted by Gasteiger charge is 2.33. The number of Topliss-reactive ketones (excluding diaryl/α,β-unsaturated/α-hetero) is 1. The van der Waals surface area contributed by atoms with Gasteiger partial charge in [-0.25, -0.2) is 0 Å². The van der Waals surface area contributed by atoms with Crippen LogP contribution in [0.4, 0.5) is 0 Å². The summed E-state index contributed by atoms with van der Waals surface area (Å²) in [4.78, 5) is 11.1. The molecule has 0 saturated heterocycles. The molecule has 0 N–H and O–H groups in total. The molecule has 2 atom stereocenters. The Hall–Kier alpha value is 0.475. The van der Waals surface area contributed by atoms with E-state index < -0.39 is 0 Å². The number of thiol groups is 1. The second-order valence-corrected chi connectivity index (χ2v) is 5.71. The predicted octanol–water partition coefficient (Wildman–Crippen LogP) is 1.94. The van der Waals surface area contributed by atoms with Gasteiger partial charge < -0.3 is 4.65 Å². The van der Waals surface area contributed by atoms with Gasteiger partial charge in [0.05, 0.1) is 0 Å². The summed E-state index contributed by atoms with van der Waals surface area (Å²) in [5.41, 5.74) is 0.185. The topological polar surface area (TPSA) is 26.3 Å². The van der Waals surface area contributed by atoms with Gasteiger partial charge >= 0.3 is 5.91 Å². The molecule has 74 valence electrons. The largest absolute Gasteiger partial charge is 0.422 e. The molecule has 0 aromatic heterocycles. The maximum atomic E-state index is 11.1. The van der Waals surface area contributed by atoms with Crippen LogP contribution in [0.5, 0.6) is 0 Å².